The molecule has 88 valence electrons. The monoisotopic (exact) mass is 228 g/mol. The van der Waals surface area contributed by atoms with Crippen molar-refractivity contribution in [2.75, 3.05) is 0 Å². The molecular formula is C15H16O2. The molecule has 2 aromatic carbocycles. The van der Waals surface area contributed by atoms with Crippen LogP contribution in [0.5, 0.6) is 11.5 Å². The third kappa shape index (κ3) is 1.86. The molecule has 0 amide bonds. The molecule has 0 atom stereocenters. The molecule has 0 aliphatic heterocycles. The van der Waals surface area contributed by atoms with E-state index in [2.05, 4.69) is 19.9 Å². The molecule has 0 saturated heterocycles. The van der Waals surface area contributed by atoms with Gasteiger partial charge in [0.05, 0.1) is 0 Å². The summed E-state index contributed by atoms with van der Waals surface area (Å²) in [6, 6.07) is 9.46. The third-order valence-electron chi connectivity index (χ3n) is 3.30. The van der Waals surface area contributed by atoms with Crippen LogP contribution in [-0.2, 0) is 0 Å². The Morgan fingerprint density at radius 1 is 0.765 bits per heavy atom. The van der Waals surface area contributed by atoms with Gasteiger partial charge in [-0.15, -0.1) is 0 Å². The number of aromatic hydroxyl groups is 2. The van der Waals surface area contributed by atoms with Gasteiger partial charge in [-0.3, -0.25) is 0 Å². The maximum atomic E-state index is 9.76. The minimum absolute atomic E-state index is 0.0385. The van der Waals surface area contributed by atoms with Gasteiger partial charge in [-0.1, -0.05) is 24.3 Å². The van der Waals surface area contributed by atoms with Crippen molar-refractivity contribution in [3.8, 4) is 22.6 Å². The van der Waals surface area contributed by atoms with Crippen molar-refractivity contribution in [2.45, 2.75) is 20.8 Å². The molecule has 0 saturated carbocycles. The van der Waals surface area contributed by atoms with Crippen LogP contribution in [0.4, 0.5) is 0 Å². The van der Waals surface area contributed by atoms with E-state index in [0.29, 0.717) is 5.56 Å². The highest BCUT2D eigenvalue weighted by Gasteiger charge is 2.11. The van der Waals surface area contributed by atoms with Gasteiger partial charge in [0.15, 0.2) is 11.5 Å². The quantitative estimate of drug-likeness (QED) is 0.731. The lowest BCUT2D eigenvalue weighted by Gasteiger charge is -2.13. The summed E-state index contributed by atoms with van der Waals surface area (Å²) in [6.45, 7) is 5.94. The van der Waals surface area contributed by atoms with Crippen molar-refractivity contribution in [1.29, 1.82) is 0 Å². The van der Waals surface area contributed by atoms with Crippen LogP contribution in [0.2, 0.25) is 0 Å². The van der Waals surface area contributed by atoms with Gasteiger partial charge in [0.1, 0.15) is 0 Å². The molecule has 0 aliphatic rings. The van der Waals surface area contributed by atoms with E-state index in [0.717, 1.165) is 11.1 Å². The lowest BCUT2D eigenvalue weighted by molar-refractivity contribution is 0.401. The van der Waals surface area contributed by atoms with E-state index in [1.165, 1.54) is 17.2 Å². The Morgan fingerprint density at radius 2 is 1.41 bits per heavy atom. The van der Waals surface area contributed by atoms with Crippen LogP contribution in [0.25, 0.3) is 11.1 Å². The van der Waals surface area contributed by atoms with Gasteiger partial charge >= 0.3 is 0 Å². The largest absolute Gasteiger partial charge is 0.504 e. The molecule has 0 aromatic heterocycles. The number of rotatable bonds is 1. The number of phenols is 2. The average molecular weight is 228 g/mol. The van der Waals surface area contributed by atoms with Crippen LogP contribution in [-0.4, -0.2) is 10.2 Å². The summed E-state index contributed by atoms with van der Waals surface area (Å²) < 4.78 is 0. The van der Waals surface area contributed by atoms with Gasteiger partial charge in [-0.05, 0) is 49.1 Å². The smallest absolute Gasteiger partial charge is 0.161 e. The predicted octanol–water partition coefficient (Wildman–Crippen LogP) is 3.69. The Morgan fingerprint density at radius 3 is 2.12 bits per heavy atom. The molecule has 2 aromatic rings. The maximum absolute atomic E-state index is 9.76. The first-order valence-corrected chi connectivity index (χ1v) is 5.60. The maximum Gasteiger partial charge on any atom is 0.161 e. The SMILES string of the molecule is Cc1cccc(-c2ccc(O)c(O)c2C)c1C. The molecule has 0 radical (unpaired) electrons. The van der Waals surface area contributed by atoms with E-state index in [-0.39, 0.29) is 11.5 Å². The molecule has 0 aliphatic carbocycles. The van der Waals surface area contributed by atoms with E-state index in [1.807, 2.05) is 25.1 Å². The lowest BCUT2D eigenvalue weighted by Crippen LogP contribution is -1.90. The van der Waals surface area contributed by atoms with E-state index >= 15 is 0 Å². The van der Waals surface area contributed by atoms with Crippen molar-refractivity contribution in [1.82, 2.24) is 0 Å². The van der Waals surface area contributed by atoms with Gasteiger partial charge < -0.3 is 10.2 Å². The first-order chi connectivity index (χ1) is 8.02. The first-order valence-electron chi connectivity index (χ1n) is 5.60. The fourth-order valence-corrected chi connectivity index (χ4v) is 2.02. The second kappa shape index (κ2) is 4.13. The lowest BCUT2D eigenvalue weighted by atomic mass is 9.93. The van der Waals surface area contributed by atoms with Crippen LogP contribution < -0.4 is 0 Å². The van der Waals surface area contributed by atoms with Crippen LogP contribution in [0.15, 0.2) is 30.3 Å². The van der Waals surface area contributed by atoms with E-state index in [1.54, 1.807) is 0 Å². The van der Waals surface area contributed by atoms with Gasteiger partial charge in [-0.25, -0.2) is 0 Å². The van der Waals surface area contributed by atoms with E-state index in [4.69, 9.17) is 0 Å². The number of hydrogen-bond donors (Lipinski definition) is 2. The third-order valence-corrected chi connectivity index (χ3v) is 3.30. The minimum atomic E-state index is -0.0726. The zero-order chi connectivity index (χ0) is 12.6. The Kier molecular flexibility index (Phi) is 2.80. The second-order valence-corrected chi connectivity index (χ2v) is 4.35. The Hall–Kier alpha value is -1.96. The van der Waals surface area contributed by atoms with Crippen molar-refractivity contribution >= 4 is 0 Å². The fraction of sp³-hybridized carbons (Fsp3) is 0.200. The number of phenolic OH excluding ortho intramolecular Hbond substituents is 2. The molecule has 2 heteroatoms. The summed E-state index contributed by atoms with van der Waals surface area (Å²) in [5.41, 5.74) is 5.17. The number of benzene rings is 2. The van der Waals surface area contributed by atoms with Gasteiger partial charge in [-0.2, -0.15) is 0 Å². The van der Waals surface area contributed by atoms with Crippen molar-refractivity contribution < 1.29 is 10.2 Å². The zero-order valence-corrected chi connectivity index (χ0v) is 10.3. The highest BCUT2D eigenvalue weighted by Crippen LogP contribution is 2.37. The number of hydrogen-bond acceptors (Lipinski definition) is 2. The average Bonchev–Trinajstić information content (AvgIpc) is 2.31. The summed E-state index contributed by atoms with van der Waals surface area (Å²) in [5, 5.41) is 19.2. The fourth-order valence-electron chi connectivity index (χ4n) is 2.02. The van der Waals surface area contributed by atoms with Crippen LogP contribution in [0.1, 0.15) is 16.7 Å². The van der Waals surface area contributed by atoms with E-state index in [9.17, 15) is 10.2 Å². The molecule has 0 bridgehead atoms. The summed E-state index contributed by atoms with van der Waals surface area (Å²) >= 11 is 0. The summed E-state index contributed by atoms with van der Waals surface area (Å²) in [4.78, 5) is 0. The van der Waals surface area contributed by atoms with Crippen LogP contribution >= 0.6 is 0 Å². The second-order valence-electron chi connectivity index (χ2n) is 4.35. The molecule has 2 rings (SSSR count). The Bertz CT molecular complexity index is 571. The predicted molar refractivity (Wildman–Crippen MR) is 69.4 cm³/mol. The Balaban J connectivity index is 2.69. The highest BCUT2D eigenvalue weighted by atomic mass is 16.3. The van der Waals surface area contributed by atoms with Crippen molar-refractivity contribution in [3.63, 3.8) is 0 Å². The molecule has 0 fully saturated rings. The molecule has 0 unspecified atom stereocenters. The van der Waals surface area contributed by atoms with Gasteiger partial charge in [0.25, 0.3) is 0 Å². The Labute approximate surface area is 101 Å². The van der Waals surface area contributed by atoms with Crippen molar-refractivity contribution in [3.05, 3.63) is 47.0 Å². The normalized spacial score (nSPS) is 10.5. The van der Waals surface area contributed by atoms with E-state index < -0.39 is 0 Å². The van der Waals surface area contributed by atoms with Crippen molar-refractivity contribution in [2.24, 2.45) is 0 Å². The molecule has 0 spiro atoms. The highest BCUT2D eigenvalue weighted by molar-refractivity contribution is 5.74. The summed E-state index contributed by atoms with van der Waals surface area (Å²) in [6.07, 6.45) is 0. The standard InChI is InChI=1S/C15H16O2/c1-9-5-4-6-12(10(9)2)13-7-8-14(16)15(17)11(13)3/h4-8,16-17H,1-3H3. The summed E-state index contributed by atoms with van der Waals surface area (Å²) in [7, 11) is 0. The van der Waals surface area contributed by atoms with Crippen LogP contribution in [0, 0.1) is 20.8 Å². The molecule has 2 nitrogen and oxygen atoms in total. The topological polar surface area (TPSA) is 40.5 Å². The summed E-state index contributed by atoms with van der Waals surface area (Å²) in [5.74, 6) is -0.111. The zero-order valence-electron chi connectivity index (χ0n) is 10.3. The minimum Gasteiger partial charge on any atom is -0.504 e. The molecule has 2 N–H and O–H groups in total. The first kappa shape index (κ1) is 11.5. The van der Waals surface area contributed by atoms with Gasteiger partial charge in [0, 0.05) is 5.56 Å². The van der Waals surface area contributed by atoms with Crippen LogP contribution in [0.3, 0.4) is 0 Å². The molecule has 0 heterocycles. The van der Waals surface area contributed by atoms with Gasteiger partial charge in [0.2, 0.25) is 0 Å². The number of aryl methyl sites for hydroxylation is 1. The molecule has 17 heavy (non-hydrogen) atoms. The molecular weight excluding hydrogens is 212 g/mol.